The summed E-state index contributed by atoms with van der Waals surface area (Å²) >= 11 is 0. The van der Waals surface area contributed by atoms with E-state index in [0.29, 0.717) is 17.9 Å². The minimum absolute atomic E-state index is 0.384. The number of nitrogens with zero attached hydrogens (tertiary/aromatic N) is 5. The molecule has 1 atom stereocenters. The number of aliphatic hydroxyl groups is 1. The Balaban J connectivity index is 2.11. The van der Waals surface area contributed by atoms with Crippen LogP contribution < -0.4 is 0 Å². The highest BCUT2D eigenvalue weighted by molar-refractivity contribution is 5.02. The first-order valence-corrected chi connectivity index (χ1v) is 4.54. The van der Waals surface area contributed by atoms with E-state index in [4.69, 9.17) is 0 Å². The lowest BCUT2D eigenvalue weighted by Crippen LogP contribution is -2.09. The Kier molecular flexibility index (Phi) is 2.68. The van der Waals surface area contributed by atoms with E-state index >= 15 is 0 Å². The summed E-state index contributed by atoms with van der Waals surface area (Å²) in [6, 6.07) is 0. The van der Waals surface area contributed by atoms with Gasteiger partial charge in [0.15, 0.2) is 0 Å². The zero-order valence-electron chi connectivity index (χ0n) is 8.28. The van der Waals surface area contributed by atoms with E-state index in [1.54, 1.807) is 30.3 Å². The fourth-order valence-corrected chi connectivity index (χ4v) is 1.27. The summed E-state index contributed by atoms with van der Waals surface area (Å²) in [6.07, 6.45) is 5.81. The fourth-order valence-electron chi connectivity index (χ4n) is 1.27. The molecule has 0 amide bonds. The van der Waals surface area contributed by atoms with E-state index in [2.05, 4.69) is 20.1 Å². The summed E-state index contributed by atoms with van der Waals surface area (Å²) in [5.74, 6) is 0.716. The lowest BCUT2D eigenvalue weighted by molar-refractivity contribution is 0.169. The number of hydrogen-bond donors (Lipinski definition) is 1. The Labute approximate surface area is 86.6 Å². The molecule has 2 heterocycles. The van der Waals surface area contributed by atoms with E-state index in [1.165, 1.54) is 6.33 Å². The van der Waals surface area contributed by atoms with Crippen molar-refractivity contribution in [1.29, 1.82) is 0 Å². The molecule has 0 saturated carbocycles. The van der Waals surface area contributed by atoms with Gasteiger partial charge < -0.3 is 5.11 Å². The van der Waals surface area contributed by atoms with Gasteiger partial charge in [0.1, 0.15) is 18.3 Å². The van der Waals surface area contributed by atoms with Crippen LogP contribution in [0.2, 0.25) is 0 Å². The van der Waals surface area contributed by atoms with Crippen molar-refractivity contribution in [3.8, 4) is 0 Å². The minimum atomic E-state index is -0.693. The first-order valence-electron chi connectivity index (χ1n) is 4.54. The maximum atomic E-state index is 9.83. The molecule has 6 nitrogen and oxygen atoms in total. The maximum absolute atomic E-state index is 9.83. The minimum Gasteiger partial charge on any atom is -0.386 e. The normalized spacial score (nSPS) is 12.7. The van der Waals surface area contributed by atoms with E-state index in [0.717, 1.165) is 0 Å². The Morgan fingerprint density at radius 1 is 1.40 bits per heavy atom. The van der Waals surface area contributed by atoms with Crippen molar-refractivity contribution in [1.82, 2.24) is 24.7 Å². The maximum Gasteiger partial charge on any atom is 0.138 e. The van der Waals surface area contributed by atoms with Crippen LogP contribution in [0.1, 0.15) is 17.6 Å². The van der Waals surface area contributed by atoms with Crippen LogP contribution in [0.4, 0.5) is 0 Å². The van der Waals surface area contributed by atoms with Crippen LogP contribution in [-0.2, 0) is 13.5 Å². The molecule has 2 rings (SSSR count). The second kappa shape index (κ2) is 4.14. The molecule has 0 fully saturated rings. The molecule has 0 aromatic carbocycles. The summed E-state index contributed by atoms with van der Waals surface area (Å²) in [7, 11) is 1.78. The standard InChI is InChI=1S/C9H11N5O/c1-14-9(12-6-13-14)4-8(15)7-5-10-2-3-11-7/h2-3,5-6,8,15H,4H2,1H3. The van der Waals surface area contributed by atoms with Crippen LogP contribution in [0, 0.1) is 0 Å². The van der Waals surface area contributed by atoms with Crippen LogP contribution in [0.3, 0.4) is 0 Å². The zero-order valence-corrected chi connectivity index (χ0v) is 8.28. The molecular weight excluding hydrogens is 194 g/mol. The van der Waals surface area contributed by atoms with Gasteiger partial charge in [-0.15, -0.1) is 0 Å². The topological polar surface area (TPSA) is 76.7 Å². The Morgan fingerprint density at radius 3 is 2.87 bits per heavy atom. The summed E-state index contributed by atoms with van der Waals surface area (Å²) in [5, 5.41) is 13.8. The molecule has 0 saturated heterocycles. The van der Waals surface area contributed by atoms with Gasteiger partial charge in [-0.1, -0.05) is 0 Å². The van der Waals surface area contributed by atoms with Crippen molar-refractivity contribution < 1.29 is 5.11 Å². The van der Waals surface area contributed by atoms with Gasteiger partial charge in [-0.05, 0) is 0 Å². The zero-order chi connectivity index (χ0) is 10.7. The van der Waals surface area contributed by atoms with Gasteiger partial charge in [-0.25, -0.2) is 4.98 Å². The smallest absolute Gasteiger partial charge is 0.138 e. The first kappa shape index (κ1) is 9.72. The summed E-state index contributed by atoms with van der Waals surface area (Å²) in [5.41, 5.74) is 0.542. The second-order valence-corrected chi connectivity index (χ2v) is 3.15. The van der Waals surface area contributed by atoms with Gasteiger partial charge >= 0.3 is 0 Å². The molecule has 2 aromatic rings. The molecule has 2 aromatic heterocycles. The third kappa shape index (κ3) is 2.16. The largest absolute Gasteiger partial charge is 0.386 e. The third-order valence-corrected chi connectivity index (χ3v) is 2.11. The number of rotatable bonds is 3. The average molecular weight is 205 g/mol. The molecular formula is C9H11N5O. The van der Waals surface area contributed by atoms with Crippen molar-refractivity contribution in [3.05, 3.63) is 36.4 Å². The van der Waals surface area contributed by atoms with E-state index in [9.17, 15) is 5.11 Å². The summed E-state index contributed by atoms with van der Waals surface area (Å²) in [4.78, 5) is 11.9. The highest BCUT2D eigenvalue weighted by Crippen LogP contribution is 2.12. The Morgan fingerprint density at radius 2 is 2.27 bits per heavy atom. The van der Waals surface area contributed by atoms with Gasteiger partial charge in [0.25, 0.3) is 0 Å². The van der Waals surface area contributed by atoms with Crippen LogP contribution in [0.25, 0.3) is 0 Å². The van der Waals surface area contributed by atoms with Gasteiger partial charge in [0.2, 0.25) is 0 Å². The van der Waals surface area contributed by atoms with Gasteiger partial charge in [0, 0.05) is 25.9 Å². The molecule has 6 heteroatoms. The first-order chi connectivity index (χ1) is 7.27. The van der Waals surface area contributed by atoms with Gasteiger partial charge in [0.05, 0.1) is 11.9 Å². The van der Waals surface area contributed by atoms with Crippen molar-refractivity contribution in [2.45, 2.75) is 12.5 Å². The van der Waals surface area contributed by atoms with E-state index in [-0.39, 0.29) is 0 Å². The highest BCUT2D eigenvalue weighted by atomic mass is 16.3. The molecule has 0 radical (unpaired) electrons. The van der Waals surface area contributed by atoms with Crippen molar-refractivity contribution in [3.63, 3.8) is 0 Å². The predicted octanol–water partition coefficient (Wildman–Crippen LogP) is -0.119. The number of aryl methyl sites for hydroxylation is 1. The molecule has 0 aliphatic heterocycles. The van der Waals surface area contributed by atoms with Crippen molar-refractivity contribution >= 4 is 0 Å². The average Bonchev–Trinajstić information content (AvgIpc) is 2.66. The lowest BCUT2D eigenvalue weighted by Gasteiger charge is -2.07. The molecule has 1 N–H and O–H groups in total. The van der Waals surface area contributed by atoms with Gasteiger partial charge in [-0.2, -0.15) is 5.10 Å². The highest BCUT2D eigenvalue weighted by Gasteiger charge is 2.12. The molecule has 15 heavy (non-hydrogen) atoms. The monoisotopic (exact) mass is 205 g/mol. The van der Waals surface area contributed by atoms with Crippen LogP contribution in [0.15, 0.2) is 24.9 Å². The van der Waals surface area contributed by atoms with E-state index < -0.39 is 6.10 Å². The fraction of sp³-hybridized carbons (Fsp3) is 0.333. The second-order valence-electron chi connectivity index (χ2n) is 3.15. The molecule has 0 bridgehead atoms. The molecule has 0 aliphatic carbocycles. The molecule has 78 valence electrons. The van der Waals surface area contributed by atoms with Crippen LogP contribution in [0.5, 0.6) is 0 Å². The van der Waals surface area contributed by atoms with Crippen LogP contribution >= 0.6 is 0 Å². The number of aliphatic hydroxyl groups excluding tert-OH is 1. The van der Waals surface area contributed by atoms with E-state index in [1.807, 2.05) is 0 Å². The SMILES string of the molecule is Cn1ncnc1CC(O)c1cnccn1. The summed E-state index contributed by atoms with van der Waals surface area (Å²) in [6.45, 7) is 0. The molecule has 0 spiro atoms. The van der Waals surface area contributed by atoms with Crippen molar-refractivity contribution in [2.75, 3.05) is 0 Å². The Hall–Kier alpha value is -1.82. The van der Waals surface area contributed by atoms with Crippen LogP contribution in [-0.4, -0.2) is 29.8 Å². The van der Waals surface area contributed by atoms with Gasteiger partial charge in [-0.3, -0.25) is 14.6 Å². The predicted molar refractivity (Wildman–Crippen MR) is 51.7 cm³/mol. The number of aromatic nitrogens is 5. The number of hydrogen-bond acceptors (Lipinski definition) is 5. The summed E-state index contributed by atoms with van der Waals surface area (Å²) < 4.78 is 1.62. The Bertz CT molecular complexity index is 427. The lowest BCUT2D eigenvalue weighted by atomic mass is 10.2. The van der Waals surface area contributed by atoms with Crippen molar-refractivity contribution in [2.24, 2.45) is 7.05 Å². The third-order valence-electron chi connectivity index (χ3n) is 2.11. The molecule has 0 aliphatic rings. The quantitative estimate of drug-likeness (QED) is 0.756. The molecule has 1 unspecified atom stereocenters.